The minimum atomic E-state index is -4.16. The third kappa shape index (κ3) is 3.10. The van der Waals surface area contributed by atoms with Crippen molar-refractivity contribution in [2.24, 2.45) is 0 Å². The zero-order valence-corrected chi connectivity index (χ0v) is 12.0. The van der Waals surface area contributed by atoms with Crippen LogP contribution >= 0.6 is 15.9 Å². The summed E-state index contributed by atoms with van der Waals surface area (Å²) in [7, 11) is -4.16. The largest absolute Gasteiger partial charge is 0.276 e. The summed E-state index contributed by atoms with van der Waals surface area (Å²) in [5, 5.41) is 0. The van der Waals surface area contributed by atoms with Crippen molar-refractivity contribution in [2.45, 2.75) is 4.90 Å². The second-order valence-electron chi connectivity index (χ2n) is 3.69. The first-order valence-electron chi connectivity index (χ1n) is 5.07. The Bertz CT molecular complexity index is 768. The van der Waals surface area contributed by atoms with Crippen molar-refractivity contribution in [1.82, 2.24) is 4.98 Å². The number of nitrogens with one attached hydrogen (secondary N) is 1. The van der Waals surface area contributed by atoms with Crippen molar-refractivity contribution in [2.75, 3.05) is 4.72 Å². The highest BCUT2D eigenvalue weighted by molar-refractivity contribution is 9.10. The van der Waals surface area contributed by atoms with E-state index in [4.69, 9.17) is 0 Å². The molecule has 1 heterocycles. The normalized spacial score (nSPS) is 11.4. The number of hydrogen-bond acceptors (Lipinski definition) is 3. The van der Waals surface area contributed by atoms with Crippen molar-refractivity contribution in [3.8, 4) is 0 Å². The topological polar surface area (TPSA) is 59.1 Å². The van der Waals surface area contributed by atoms with E-state index in [1.807, 2.05) is 4.72 Å². The van der Waals surface area contributed by atoms with E-state index >= 15 is 0 Å². The molecule has 9 heteroatoms. The summed E-state index contributed by atoms with van der Waals surface area (Å²) < 4.78 is 65.3. The third-order valence-electron chi connectivity index (χ3n) is 2.24. The standard InChI is InChI=1S/C11H6BrF3N2O2S/c12-6-1-7(5-16-4-6)20(18,19)17-11-3-9(14)8(13)2-10(11)15/h1-5,17H. The second-order valence-corrected chi connectivity index (χ2v) is 6.29. The van der Waals surface area contributed by atoms with Gasteiger partial charge in [-0.3, -0.25) is 9.71 Å². The highest BCUT2D eigenvalue weighted by Crippen LogP contribution is 2.22. The lowest BCUT2D eigenvalue weighted by molar-refractivity contribution is 0.496. The van der Waals surface area contributed by atoms with Crippen molar-refractivity contribution in [3.63, 3.8) is 0 Å². The number of halogens is 4. The molecule has 2 aromatic rings. The van der Waals surface area contributed by atoms with Crippen LogP contribution in [0.5, 0.6) is 0 Å². The van der Waals surface area contributed by atoms with Crippen LogP contribution in [0.3, 0.4) is 0 Å². The van der Waals surface area contributed by atoms with Gasteiger partial charge in [0.15, 0.2) is 11.6 Å². The maximum absolute atomic E-state index is 13.4. The van der Waals surface area contributed by atoms with E-state index in [2.05, 4.69) is 20.9 Å². The summed E-state index contributed by atoms with van der Waals surface area (Å²) in [5.74, 6) is -4.00. The lowest BCUT2D eigenvalue weighted by Crippen LogP contribution is -2.14. The van der Waals surface area contributed by atoms with Gasteiger partial charge in [-0.05, 0) is 22.0 Å². The summed E-state index contributed by atoms with van der Waals surface area (Å²) >= 11 is 3.04. The van der Waals surface area contributed by atoms with Gasteiger partial charge in [-0.15, -0.1) is 0 Å². The highest BCUT2D eigenvalue weighted by Gasteiger charge is 2.19. The molecule has 0 atom stereocenters. The average Bonchev–Trinajstić information content (AvgIpc) is 2.36. The molecule has 20 heavy (non-hydrogen) atoms. The zero-order chi connectivity index (χ0) is 14.9. The van der Waals surface area contributed by atoms with Crippen LogP contribution in [0.1, 0.15) is 0 Å². The molecule has 0 saturated carbocycles. The Labute approximate surface area is 120 Å². The number of hydrogen-bond donors (Lipinski definition) is 1. The third-order valence-corrected chi connectivity index (χ3v) is 4.01. The molecule has 106 valence electrons. The van der Waals surface area contributed by atoms with Crippen molar-refractivity contribution in [3.05, 3.63) is 52.5 Å². The van der Waals surface area contributed by atoms with E-state index in [0.29, 0.717) is 10.5 Å². The molecule has 1 N–H and O–H groups in total. The molecule has 0 aliphatic carbocycles. The SMILES string of the molecule is O=S(=O)(Nc1cc(F)c(F)cc1F)c1cncc(Br)c1. The Kier molecular flexibility index (Phi) is 4.00. The molecule has 4 nitrogen and oxygen atoms in total. The molecule has 0 amide bonds. The predicted octanol–water partition coefficient (Wildman–Crippen LogP) is 3.06. The molecule has 0 spiro atoms. The van der Waals surface area contributed by atoms with Gasteiger partial charge in [0.2, 0.25) is 0 Å². The fourth-order valence-corrected chi connectivity index (χ4v) is 2.91. The number of anilines is 1. The molecule has 0 radical (unpaired) electrons. The Hall–Kier alpha value is -1.61. The summed E-state index contributed by atoms with van der Waals surface area (Å²) in [4.78, 5) is 3.40. The smallest absolute Gasteiger partial charge is 0.263 e. The molecule has 0 saturated heterocycles. The van der Waals surface area contributed by atoms with Crippen LogP contribution in [0, 0.1) is 17.5 Å². The maximum atomic E-state index is 13.4. The lowest BCUT2D eigenvalue weighted by atomic mass is 10.3. The van der Waals surface area contributed by atoms with E-state index in [9.17, 15) is 21.6 Å². The first-order chi connectivity index (χ1) is 9.29. The molecular formula is C11H6BrF3N2O2S. The van der Waals surface area contributed by atoms with Gasteiger partial charge < -0.3 is 0 Å². The molecule has 1 aromatic heterocycles. The Balaban J connectivity index is 2.41. The minimum absolute atomic E-state index is 0.254. The molecule has 0 bridgehead atoms. The monoisotopic (exact) mass is 366 g/mol. The van der Waals surface area contributed by atoms with Crippen molar-refractivity contribution in [1.29, 1.82) is 0 Å². The molecular weight excluding hydrogens is 361 g/mol. The van der Waals surface area contributed by atoms with Gasteiger partial charge in [0.25, 0.3) is 10.0 Å². The minimum Gasteiger partial charge on any atom is -0.276 e. The maximum Gasteiger partial charge on any atom is 0.263 e. The van der Waals surface area contributed by atoms with Crippen LogP contribution in [-0.4, -0.2) is 13.4 Å². The van der Waals surface area contributed by atoms with E-state index in [0.717, 1.165) is 6.20 Å². The Morgan fingerprint density at radius 3 is 2.30 bits per heavy atom. The molecule has 0 fully saturated rings. The number of rotatable bonds is 3. The summed E-state index contributed by atoms with van der Waals surface area (Å²) in [6, 6.07) is 1.91. The second kappa shape index (κ2) is 5.41. The van der Waals surface area contributed by atoms with Crippen LogP contribution in [0.2, 0.25) is 0 Å². The first-order valence-corrected chi connectivity index (χ1v) is 7.35. The summed E-state index contributed by atoms with van der Waals surface area (Å²) in [5.41, 5.74) is -0.691. The number of benzene rings is 1. The van der Waals surface area contributed by atoms with Crippen LogP contribution in [-0.2, 0) is 10.0 Å². The number of nitrogens with zero attached hydrogens (tertiary/aromatic N) is 1. The van der Waals surface area contributed by atoms with Crippen molar-refractivity contribution >= 4 is 31.6 Å². The zero-order valence-electron chi connectivity index (χ0n) is 9.57. The fourth-order valence-electron chi connectivity index (χ4n) is 1.34. The molecule has 1 aromatic carbocycles. The quantitative estimate of drug-likeness (QED) is 0.849. The average molecular weight is 367 g/mol. The molecule has 2 rings (SSSR count). The summed E-state index contributed by atoms with van der Waals surface area (Å²) in [6.07, 6.45) is 2.39. The Morgan fingerprint density at radius 1 is 1.00 bits per heavy atom. The van der Waals surface area contributed by atoms with Gasteiger partial charge in [0, 0.05) is 29.0 Å². The van der Waals surface area contributed by atoms with E-state index < -0.39 is 33.2 Å². The van der Waals surface area contributed by atoms with Gasteiger partial charge in [-0.25, -0.2) is 21.6 Å². The van der Waals surface area contributed by atoms with Gasteiger partial charge in [-0.2, -0.15) is 0 Å². The van der Waals surface area contributed by atoms with Gasteiger partial charge in [0.1, 0.15) is 10.7 Å². The molecule has 0 unspecified atom stereocenters. The number of sulfonamides is 1. The van der Waals surface area contributed by atoms with Crippen molar-refractivity contribution < 1.29 is 21.6 Å². The van der Waals surface area contributed by atoms with Gasteiger partial charge in [-0.1, -0.05) is 0 Å². The van der Waals surface area contributed by atoms with Crippen LogP contribution < -0.4 is 4.72 Å². The van der Waals surface area contributed by atoms with E-state index in [1.165, 1.54) is 12.3 Å². The molecule has 0 aliphatic heterocycles. The molecule has 0 aliphatic rings. The lowest BCUT2D eigenvalue weighted by Gasteiger charge is -2.09. The Morgan fingerprint density at radius 2 is 1.65 bits per heavy atom. The number of aromatic nitrogens is 1. The highest BCUT2D eigenvalue weighted by atomic mass is 79.9. The predicted molar refractivity (Wildman–Crippen MR) is 69.1 cm³/mol. The van der Waals surface area contributed by atoms with Crippen LogP contribution in [0.25, 0.3) is 0 Å². The van der Waals surface area contributed by atoms with E-state index in [-0.39, 0.29) is 11.0 Å². The van der Waals surface area contributed by atoms with Gasteiger partial charge >= 0.3 is 0 Å². The van der Waals surface area contributed by atoms with Gasteiger partial charge in [0.05, 0.1) is 5.69 Å². The van der Waals surface area contributed by atoms with Crippen LogP contribution in [0.15, 0.2) is 40.0 Å². The number of pyridine rings is 1. The van der Waals surface area contributed by atoms with Crippen LogP contribution in [0.4, 0.5) is 18.9 Å². The fraction of sp³-hybridized carbons (Fsp3) is 0. The first kappa shape index (κ1) is 14.8. The summed E-state index contributed by atoms with van der Waals surface area (Å²) in [6.45, 7) is 0. The van der Waals surface area contributed by atoms with E-state index in [1.54, 1.807) is 0 Å².